The third-order valence-corrected chi connectivity index (χ3v) is 2.60. The Morgan fingerprint density at radius 1 is 1.00 bits per heavy atom. The number of aromatic nitrogens is 1. The van der Waals surface area contributed by atoms with Gasteiger partial charge in [0.15, 0.2) is 0 Å². The number of pyridine rings is 1. The van der Waals surface area contributed by atoms with Gasteiger partial charge in [-0.1, -0.05) is 6.07 Å². The van der Waals surface area contributed by atoms with E-state index in [9.17, 15) is 0 Å². The minimum absolute atomic E-state index is 0.390. The zero-order chi connectivity index (χ0) is 9.26. The fourth-order valence-electron chi connectivity index (χ4n) is 1.90. The topological polar surface area (TPSA) is 10.4 Å². The Labute approximate surface area is 79.7 Å². The van der Waals surface area contributed by atoms with Crippen LogP contribution in [0.2, 0.25) is 0 Å². The first-order valence-electron chi connectivity index (χ1n) is 4.65. The fraction of sp³-hybridized carbons (Fsp3) is 0.444. The first kappa shape index (κ1) is 8.72. The van der Waals surface area contributed by atoms with Crippen molar-refractivity contribution < 1.29 is 4.48 Å². The monoisotopic (exact) mass is 176 g/mol. The van der Waals surface area contributed by atoms with Gasteiger partial charge in [-0.3, -0.25) is 14.1 Å². The lowest BCUT2D eigenvalue weighted by Gasteiger charge is -2.11. The van der Waals surface area contributed by atoms with Gasteiger partial charge in [-0.25, -0.2) is 0 Å². The highest BCUT2D eigenvalue weighted by Crippen LogP contribution is 2.02. The molecule has 4 heteroatoms. The van der Waals surface area contributed by atoms with E-state index in [-0.39, 0.29) is 0 Å². The van der Waals surface area contributed by atoms with Gasteiger partial charge >= 0.3 is 7.12 Å². The second kappa shape index (κ2) is 3.48. The van der Waals surface area contributed by atoms with E-state index in [1.165, 1.54) is 0 Å². The molecule has 0 saturated carbocycles. The minimum atomic E-state index is 0.390. The van der Waals surface area contributed by atoms with Gasteiger partial charge in [-0.15, -0.1) is 0 Å². The number of hydrogen-bond acceptors (Lipinski definition) is 2. The lowest BCUT2D eigenvalue weighted by atomic mass is 9.90. The Hall–Kier alpha value is -0.865. The van der Waals surface area contributed by atoms with Crippen LogP contribution in [0.4, 0.5) is 0 Å². The molecule has 0 atom stereocenters. The summed E-state index contributed by atoms with van der Waals surface area (Å²) < 4.78 is 2.23. The van der Waals surface area contributed by atoms with Crippen LogP contribution < -0.4 is 4.48 Å². The Morgan fingerprint density at radius 2 is 1.54 bits per heavy atom. The van der Waals surface area contributed by atoms with Gasteiger partial charge in [-0.05, 0) is 26.2 Å². The lowest BCUT2D eigenvalue weighted by molar-refractivity contribution is -0.550. The van der Waals surface area contributed by atoms with Crippen molar-refractivity contribution in [1.82, 2.24) is 9.62 Å². The molecule has 0 bridgehead atoms. The fourth-order valence-corrected chi connectivity index (χ4v) is 1.90. The van der Waals surface area contributed by atoms with E-state index in [1.54, 1.807) is 0 Å². The first-order chi connectivity index (χ1) is 6.29. The Kier molecular flexibility index (Phi) is 2.33. The van der Waals surface area contributed by atoms with Crippen LogP contribution in [-0.4, -0.2) is 43.9 Å². The molecule has 13 heavy (non-hydrogen) atoms. The summed E-state index contributed by atoms with van der Waals surface area (Å²) in [7, 11) is 4.71. The SMILES string of the molecule is CN1CCN(C)B1[n+]1ccccc1. The van der Waals surface area contributed by atoms with Crippen molar-refractivity contribution in [3.05, 3.63) is 30.6 Å². The number of likely N-dealkylation sites (N-methyl/N-ethyl adjacent to an activating group) is 2. The molecule has 0 aromatic carbocycles. The molecule has 0 amide bonds. The molecule has 1 aromatic heterocycles. The highest BCUT2D eigenvalue weighted by Gasteiger charge is 2.44. The van der Waals surface area contributed by atoms with E-state index in [1.807, 2.05) is 6.07 Å². The minimum Gasteiger partial charge on any atom is -0.262 e. The molecule has 0 spiro atoms. The van der Waals surface area contributed by atoms with Crippen LogP contribution in [-0.2, 0) is 0 Å². The number of rotatable bonds is 1. The molecule has 1 aromatic rings. The second-order valence-corrected chi connectivity index (χ2v) is 3.63. The average Bonchev–Trinajstić information content (AvgIpc) is 2.48. The number of hydrogen-bond donors (Lipinski definition) is 0. The second-order valence-electron chi connectivity index (χ2n) is 3.63. The summed E-state index contributed by atoms with van der Waals surface area (Å²) in [5.74, 6) is 0. The average molecular weight is 176 g/mol. The third kappa shape index (κ3) is 1.60. The summed E-state index contributed by atoms with van der Waals surface area (Å²) in [6.45, 7) is 2.28. The summed E-state index contributed by atoms with van der Waals surface area (Å²) in [6, 6.07) is 6.19. The smallest absolute Gasteiger partial charge is 0.262 e. The summed E-state index contributed by atoms with van der Waals surface area (Å²) in [5.41, 5.74) is 0. The highest BCUT2D eigenvalue weighted by atomic mass is 15.3. The molecule has 1 aliphatic heterocycles. The molecule has 3 nitrogen and oxygen atoms in total. The van der Waals surface area contributed by atoms with Gasteiger partial charge < -0.3 is 0 Å². The summed E-state index contributed by atoms with van der Waals surface area (Å²) in [5, 5.41) is 0. The van der Waals surface area contributed by atoms with Gasteiger partial charge in [0, 0.05) is 13.1 Å². The molecule has 2 heterocycles. The van der Waals surface area contributed by atoms with E-state index >= 15 is 0 Å². The van der Waals surface area contributed by atoms with E-state index < -0.39 is 0 Å². The quantitative estimate of drug-likeness (QED) is 0.543. The van der Waals surface area contributed by atoms with Gasteiger partial charge in [-0.2, -0.15) is 0 Å². The van der Waals surface area contributed by atoms with Crippen LogP contribution in [0, 0.1) is 0 Å². The van der Waals surface area contributed by atoms with Crippen molar-refractivity contribution in [1.29, 1.82) is 0 Å². The Bertz CT molecular complexity index is 267. The van der Waals surface area contributed by atoms with Gasteiger partial charge in [0.1, 0.15) is 12.4 Å². The van der Waals surface area contributed by atoms with E-state index in [4.69, 9.17) is 0 Å². The molecule has 0 unspecified atom stereocenters. The van der Waals surface area contributed by atoms with E-state index in [0.717, 1.165) is 13.1 Å². The van der Waals surface area contributed by atoms with Crippen molar-refractivity contribution in [2.24, 2.45) is 0 Å². The molecule has 0 radical (unpaired) electrons. The largest absolute Gasteiger partial charge is 0.682 e. The van der Waals surface area contributed by atoms with Crippen molar-refractivity contribution in [2.75, 3.05) is 27.2 Å². The predicted molar refractivity (Wildman–Crippen MR) is 53.0 cm³/mol. The molecule has 1 saturated heterocycles. The predicted octanol–water partition coefficient (Wildman–Crippen LogP) is -0.316. The Morgan fingerprint density at radius 3 is 2.08 bits per heavy atom. The van der Waals surface area contributed by atoms with E-state index in [2.05, 4.69) is 52.7 Å². The normalized spacial score (nSPS) is 19.7. The van der Waals surface area contributed by atoms with Crippen LogP contribution in [0.1, 0.15) is 0 Å². The van der Waals surface area contributed by atoms with Gasteiger partial charge in [0.25, 0.3) is 0 Å². The molecule has 68 valence electrons. The molecule has 1 aliphatic rings. The van der Waals surface area contributed by atoms with Crippen LogP contribution in [0.15, 0.2) is 30.6 Å². The maximum absolute atomic E-state index is 2.35. The summed E-state index contributed by atoms with van der Waals surface area (Å²) in [4.78, 5) is 4.69. The van der Waals surface area contributed by atoms with Crippen molar-refractivity contribution in [3.8, 4) is 0 Å². The summed E-state index contributed by atoms with van der Waals surface area (Å²) >= 11 is 0. The van der Waals surface area contributed by atoms with Gasteiger partial charge in [0.05, 0.1) is 0 Å². The first-order valence-corrected chi connectivity index (χ1v) is 4.65. The van der Waals surface area contributed by atoms with Crippen LogP contribution in [0.5, 0.6) is 0 Å². The number of nitrogens with zero attached hydrogens (tertiary/aromatic N) is 3. The van der Waals surface area contributed by atoms with Crippen LogP contribution in [0.3, 0.4) is 0 Å². The standard InChI is InChI=1S/C9H15BN3/c1-11-8-9-12(2)10(11)13-6-4-3-5-7-13/h3-7H,8-9H2,1-2H3/q+1. The third-order valence-electron chi connectivity index (χ3n) is 2.60. The zero-order valence-corrected chi connectivity index (χ0v) is 8.22. The maximum Gasteiger partial charge on any atom is 0.682 e. The molecule has 0 N–H and O–H groups in total. The van der Waals surface area contributed by atoms with Crippen LogP contribution >= 0.6 is 0 Å². The molecule has 1 fully saturated rings. The van der Waals surface area contributed by atoms with Crippen molar-refractivity contribution in [2.45, 2.75) is 0 Å². The molecule has 2 rings (SSSR count). The Balaban J connectivity index is 2.25. The molecular weight excluding hydrogens is 161 g/mol. The summed E-state index contributed by atoms with van der Waals surface area (Å²) in [6.07, 6.45) is 4.23. The molecular formula is C9H15BN3+. The lowest BCUT2D eigenvalue weighted by Crippen LogP contribution is -2.63. The van der Waals surface area contributed by atoms with Crippen molar-refractivity contribution in [3.63, 3.8) is 0 Å². The van der Waals surface area contributed by atoms with Crippen molar-refractivity contribution >= 4 is 7.12 Å². The van der Waals surface area contributed by atoms with Crippen LogP contribution in [0.25, 0.3) is 0 Å². The van der Waals surface area contributed by atoms with Gasteiger partial charge in [0.2, 0.25) is 0 Å². The zero-order valence-electron chi connectivity index (χ0n) is 8.22. The molecule has 0 aliphatic carbocycles. The maximum atomic E-state index is 2.35. The highest BCUT2D eigenvalue weighted by molar-refractivity contribution is 6.43. The van der Waals surface area contributed by atoms with E-state index in [0.29, 0.717) is 7.12 Å².